The van der Waals surface area contributed by atoms with Crippen molar-refractivity contribution in [2.75, 3.05) is 0 Å². The van der Waals surface area contributed by atoms with Crippen LogP contribution in [-0.2, 0) is 4.57 Å². The highest BCUT2D eigenvalue weighted by molar-refractivity contribution is 7.52. The Kier molecular flexibility index (Phi) is 4.22. The molecule has 0 fully saturated rings. The number of fused-ring (bicyclic) bond motifs is 3. The quantitative estimate of drug-likeness (QED) is 0.711. The van der Waals surface area contributed by atoms with Crippen LogP contribution >= 0.6 is 7.75 Å². The van der Waals surface area contributed by atoms with E-state index >= 15 is 0 Å². The molecule has 0 bridgehead atoms. The lowest BCUT2D eigenvalue weighted by Crippen LogP contribution is -2.37. The van der Waals surface area contributed by atoms with Crippen molar-refractivity contribution in [2.24, 2.45) is 0 Å². The highest BCUT2D eigenvalue weighted by atomic mass is 31.2. The second-order valence-electron chi connectivity index (χ2n) is 6.21. The zero-order chi connectivity index (χ0) is 16.6. The first-order valence-corrected chi connectivity index (χ1v) is 9.38. The third kappa shape index (κ3) is 2.89. The van der Waals surface area contributed by atoms with Crippen molar-refractivity contribution < 1.29 is 13.6 Å². The molecule has 0 atom stereocenters. The SMILES string of the molecule is CC(C)N(C(C)C)P1(=O)Oc2ccccc2-c2ccccc2O1. The van der Waals surface area contributed by atoms with Crippen LogP contribution in [0.1, 0.15) is 27.7 Å². The van der Waals surface area contributed by atoms with Gasteiger partial charge in [-0.05, 0) is 39.8 Å². The number of para-hydroxylation sites is 2. The second kappa shape index (κ2) is 6.03. The normalized spacial score (nSPS) is 15.6. The van der Waals surface area contributed by atoms with Gasteiger partial charge in [0.2, 0.25) is 0 Å². The molecule has 5 heteroatoms. The summed E-state index contributed by atoms with van der Waals surface area (Å²) in [5.74, 6) is 1.18. The molecule has 0 aliphatic carbocycles. The summed E-state index contributed by atoms with van der Waals surface area (Å²) in [6, 6.07) is 15.3. The van der Waals surface area contributed by atoms with Crippen molar-refractivity contribution in [3.63, 3.8) is 0 Å². The number of nitrogens with zero attached hydrogens (tertiary/aromatic N) is 1. The topological polar surface area (TPSA) is 38.8 Å². The van der Waals surface area contributed by atoms with E-state index in [1.165, 1.54) is 0 Å². The Labute approximate surface area is 137 Å². The van der Waals surface area contributed by atoms with Gasteiger partial charge in [-0.15, -0.1) is 0 Å². The molecule has 1 heterocycles. The summed E-state index contributed by atoms with van der Waals surface area (Å²) < 4.78 is 27.4. The monoisotopic (exact) mass is 331 g/mol. The minimum absolute atomic E-state index is 0.0262. The Hall–Kier alpha value is -1.77. The smallest absolute Gasteiger partial charge is 0.404 e. The van der Waals surface area contributed by atoms with E-state index in [0.29, 0.717) is 11.5 Å². The maximum atomic E-state index is 13.6. The van der Waals surface area contributed by atoms with E-state index in [-0.39, 0.29) is 12.1 Å². The van der Waals surface area contributed by atoms with Gasteiger partial charge in [0.15, 0.2) is 0 Å². The fraction of sp³-hybridized carbons (Fsp3) is 0.333. The zero-order valence-corrected chi connectivity index (χ0v) is 14.8. The fourth-order valence-corrected chi connectivity index (χ4v) is 5.23. The molecule has 0 unspecified atom stereocenters. The van der Waals surface area contributed by atoms with E-state index in [0.717, 1.165) is 11.1 Å². The van der Waals surface area contributed by atoms with Crippen molar-refractivity contribution in [3.8, 4) is 22.6 Å². The Balaban J connectivity index is 2.20. The summed E-state index contributed by atoms with van der Waals surface area (Å²) in [5.41, 5.74) is 1.79. The van der Waals surface area contributed by atoms with Gasteiger partial charge in [-0.2, -0.15) is 4.67 Å². The molecule has 0 N–H and O–H groups in total. The van der Waals surface area contributed by atoms with E-state index in [4.69, 9.17) is 9.05 Å². The van der Waals surface area contributed by atoms with E-state index in [9.17, 15) is 4.57 Å². The van der Waals surface area contributed by atoms with Crippen LogP contribution in [0.2, 0.25) is 0 Å². The molecule has 0 saturated carbocycles. The molecule has 2 aromatic carbocycles. The molecule has 23 heavy (non-hydrogen) atoms. The van der Waals surface area contributed by atoms with Crippen molar-refractivity contribution in [2.45, 2.75) is 39.8 Å². The molecule has 0 radical (unpaired) electrons. The molecule has 0 aromatic heterocycles. The molecule has 3 rings (SSSR count). The third-order valence-corrected chi connectivity index (χ3v) is 6.18. The minimum Gasteiger partial charge on any atom is -0.404 e. The summed E-state index contributed by atoms with van der Waals surface area (Å²) in [4.78, 5) is 0. The minimum atomic E-state index is -3.51. The molecular weight excluding hydrogens is 309 g/mol. The molecule has 4 nitrogen and oxygen atoms in total. The number of benzene rings is 2. The summed E-state index contributed by atoms with van der Waals surface area (Å²) in [6.07, 6.45) is 0. The van der Waals surface area contributed by atoms with Crippen LogP contribution < -0.4 is 9.05 Å². The highest BCUT2D eigenvalue weighted by Crippen LogP contribution is 2.59. The van der Waals surface area contributed by atoms with Gasteiger partial charge in [-0.25, -0.2) is 4.57 Å². The Morgan fingerprint density at radius 2 is 1.17 bits per heavy atom. The van der Waals surface area contributed by atoms with Crippen LogP contribution in [0.25, 0.3) is 11.1 Å². The second-order valence-corrected chi connectivity index (χ2v) is 7.98. The molecule has 0 saturated heterocycles. The molecule has 122 valence electrons. The third-order valence-electron chi connectivity index (χ3n) is 3.83. The van der Waals surface area contributed by atoms with Gasteiger partial charge in [-0.1, -0.05) is 36.4 Å². The van der Waals surface area contributed by atoms with Crippen molar-refractivity contribution in [1.29, 1.82) is 0 Å². The van der Waals surface area contributed by atoms with E-state index in [1.54, 1.807) is 0 Å². The fourth-order valence-electron chi connectivity index (χ4n) is 3.06. The van der Waals surface area contributed by atoms with E-state index < -0.39 is 7.75 Å². The molecule has 0 spiro atoms. The lowest BCUT2D eigenvalue weighted by atomic mass is 10.0. The Bertz CT molecular complexity index is 698. The van der Waals surface area contributed by atoms with Gasteiger partial charge < -0.3 is 9.05 Å². The number of rotatable bonds is 3. The number of hydrogen-bond acceptors (Lipinski definition) is 3. The first-order valence-electron chi connectivity index (χ1n) is 7.89. The molecule has 2 aromatic rings. The summed E-state index contributed by atoms with van der Waals surface area (Å²) in [5, 5.41) is 0. The van der Waals surface area contributed by atoms with Crippen molar-refractivity contribution in [3.05, 3.63) is 48.5 Å². The Morgan fingerprint density at radius 1 is 0.783 bits per heavy atom. The number of hydrogen-bond donors (Lipinski definition) is 0. The summed E-state index contributed by atoms with van der Waals surface area (Å²) >= 11 is 0. The molecular formula is C18H22NO3P. The van der Waals surface area contributed by atoms with Crippen molar-refractivity contribution >= 4 is 7.75 Å². The lowest BCUT2D eigenvalue weighted by Gasteiger charge is -2.34. The van der Waals surface area contributed by atoms with Gasteiger partial charge in [0.1, 0.15) is 11.5 Å². The predicted molar refractivity (Wildman–Crippen MR) is 92.9 cm³/mol. The zero-order valence-electron chi connectivity index (χ0n) is 13.9. The first kappa shape index (κ1) is 16.1. The van der Waals surface area contributed by atoms with E-state index in [1.807, 2.05) is 80.9 Å². The van der Waals surface area contributed by atoms with Crippen molar-refractivity contribution in [1.82, 2.24) is 4.67 Å². The largest absolute Gasteiger partial charge is 0.516 e. The van der Waals surface area contributed by atoms with Crippen LogP contribution in [0.15, 0.2) is 48.5 Å². The van der Waals surface area contributed by atoms with Crippen LogP contribution in [0, 0.1) is 0 Å². The van der Waals surface area contributed by atoms with Gasteiger partial charge in [0, 0.05) is 23.2 Å². The van der Waals surface area contributed by atoms with Crippen LogP contribution in [0.3, 0.4) is 0 Å². The summed E-state index contributed by atoms with van der Waals surface area (Å²) in [6.45, 7) is 7.98. The van der Waals surface area contributed by atoms with Crippen LogP contribution in [0.4, 0.5) is 0 Å². The standard InChI is InChI=1S/C18H22NO3P/c1-13(2)19(14(3)4)23(20)21-17-11-7-5-9-15(17)16-10-6-8-12-18(16)22-23/h5-14H,1-4H3. The maximum absolute atomic E-state index is 13.6. The maximum Gasteiger partial charge on any atom is 0.516 e. The van der Waals surface area contributed by atoms with Gasteiger partial charge in [-0.3, -0.25) is 0 Å². The summed E-state index contributed by atoms with van der Waals surface area (Å²) in [7, 11) is -3.51. The lowest BCUT2D eigenvalue weighted by molar-refractivity contribution is 0.224. The van der Waals surface area contributed by atoms with Gasteiger partial charge >= 0.3 is 7.75 Å². The van der Waals surface area contributed by atoms with Crippen LogP contribution in [-0.4, -0.2) is 16.8 Å². The predicted octanol–water partition coefficient (Wildman–Crippen LogP) is 5.35. The molecule has 1 aliphatic rings. The average Bonchev–Trinajstić information content (AvgIpc) is 2.59. The Morgan fingerprint density at radius 3 is 1.57 bits per heavy atom. The molecule has 0 amide bonds. The highest BCUT2D eigenvalue weighted by Gasteiger charge is 2.43. The van der Waals surface area contributed by atoms with Crippen LogP contribution in [0.5, 0.6) is 11.5 Å². The van der Waals surface area contributed by atoms with Gasteiger partial charge in [0.25, 0.3) is 0 Å². The molecule has 1 aliphatic heterocycles. The van der Waals surface area contributed by atoms with E-state index in [2.05, 4.69) is 0 Å². The average molecular weight is 331 g/mol. The first-order chi connectivity index (χ1) is 10.9. The van der Waals surface area contributed by atoms with Gasteiger partial charge in [0.05, 0.1) is 0 Å².